The minimum atomic E-state index is -0.419. The number of benzene rings is 1. The van der Waals surface area contributed by atoms with Gasteiger partial charge in [0.2, 0.25) is 0 Å². The molecule has 1 aliphatic heterocycles. The van der Waals surface area contributed by atoms with Gasteiger partial charge in [0.05, 0.1) is 37.7 Å². The number of ether oxygens (including phenoxy) is 3. The van der Waals surface area contributed by atoms with E-state index in [4.69, 9.17) is 14.2 Å². The highest BCUT2D eigenvalue weighted by molar-refractivity contribution is 7.09. The van der Waals surface area contributed by atoms with E-state index in [1.165, 1.54) is 16.9 Å². The maximum Gasteiger partial charge on any atom is 0.122 e. The van der Waals surface area contributed by atoms with E-state index in [0.29, 0.717) is 31.2 Å². The third-order valence-corrected chi connectivity index (χ3v) is 7.15. The van der Waals surface area contributed by atoms with Gasteiger partial charge in [0.15, 0.2) is 0 Å². The van der Waals surface area contributed by atoms with Gasteiger partial charge >= 0.3 is 0 Å². The molecule has 158 valence electrons. The van der Waals surface area contributed by atoms with E-state index in [-0.39, 0.29) is 24.7 Å². The first kappa shape index (κ1) is 20.8. The molecule has 1 saturated carbocycles. The molecule has 0 radical (unpaired) electrons. The van der Waals surface area contributed by atoms with Gasteiger partial charge in [-0.1, -0.05) is 6.07 Å². The van der Waals surface area contributed by atoms with Crippen molar-refractivity contribution >= 4 is 11.3 Å². The van der Waals surface area contributed by atoms with E-state index < -0.39 is 6.10 Å². The summed E-state index contributed by atoms with van der Waals surface area (Å²) in [6.07, 6.45) is 2.07. The van der Waals surface area contributed by atoms with Crippen LogP contribution in [0.25, 0.3) is 0 Å². The van der Waals surface area contributed by atoms with Crippen molar-refractivity contribution in [2.75, 3.05) is 13.7 Å². The lowest BCUT2D eigenvalue weighted by atomic mass is 9.87. The lowest BCUT2D eigenvalue weighted by Crippen LogP contribution is -2.33. The predicted octanol–water partition coefficient (Wildman–Crippen LogP) is 3.39. The molecule has 2 heterocycles. The minimum Gasteiger partial charge on any atom is -0.493 e. The van der Waals surface area contributed by atoms with E-state index in [9.17, 15) is 10.2 Å². The van der Waals surface area contributed by atoms with Gasteiger partial charge in [-0.15, -0.1) is 11.3 Å². The summed E-state index contributed by atoms with van der Waals surface area (Å²) in [5, 5.41) is 22.7. The molecule has 0 bridgehead atoms. The van der Waals surface area contributed by atoms with E-state index in [0.717, 1.165) is 29.2 Å². The number of hydrogen-bond donors (Lipinski definition) is 2. The Hall–Kier alpha value is -1.51. The average molecular weight is 420 g/mol. The Labute approximate surface area is 175 Å². The Morgan fingerprint density at radius 3 is 2.93 bits per heavy atom. The highest BCUT2D eigenvalue weighted by Gasteiger charge is 2.47. The smallest absolute Gasteiger partial charge is 0.122 e. The third kappa shape index (κ3) is 4.49. The van der Waals surface area contributed by atoms with Gasteiger partial charge in [-0.3, -0.25) is 0 Å². The summed E-state index contributed by atoms with van der Waals surface area (Å²) in [7, 11) is 1.69. The quantitative estimate of drug-likeness (QED) is 0.716. The van der Waals surface area contributed by atoms with Crippen LogP contribution < -0.4 is 4.74 Å². The fraction of sp³-hybridized carbons (Fsp3) is 0.591. The van der Waals surface area contributed by atoms with Crippen LogP contribution in [-0.2, 0) is 22.7 Å². The van der Waals surface area contributed by atoms with E-state index in [2.05, 4.69) is 11.9 Å². The van der Waals surface area contributed by atoms with Gasteiger partial charge in [-0.2, -0.15) is 0 Å². The molecule has 2 aliphatic rings. The molecule has 2 aromatic rings. The van der Waals surface area contributed by atoms with Gasteiger partial charge in [0.25, 0.3) is 0 Å². The summed E-state index contributed by atoms with van der Waals surface area (Å²) in [4.78, 5) is 4.46. The van der Waals surface area contributed by atoms with E-state index in [1.54, 1.807) is 7.11 Å². The number of aromatic nitrogens is 1. The second-order valence-corrected chi connectivity index (χ2v) is 8.93. The third-order valence-electron chi connectivity index (χ3n) is 6.17. The normalized spacial score (nSPS) is 29.0. The molecule has 1 aliphatic carbocycles. The maximum absolute atomic E-state index is 10.7. The molecule has 29 heavy (non-hydrogen) atoms. The van der Waals surface area contributed by atoms with Crippen molar-refractivity contribution in [2.24, 2.45) is 11.8 Å². The summed E-state index contributed by atoms with van der Waals surface area (Å²) in [5.41, 5.74) is 2.99. The minimum absolute atomic E-state index is 0.0286. The second kappa shape index (κ2) is 9.10. The number of methoxy groups -OCH3 is 1. The molecule has 0 amide bonds. The van der Waals surface area contributed by atoms with Crippen LogP contribution in [0, 0.1) is 18.8 Å². The predicted molar refractivity (Wildman–Crippen MR) is 110 cm³/mol. The van der Waals surface area contributed by atoms with Crippen molar-refractivity contribution in [2.45, 2.75) is 57.7 Å². The van der Waals surface area contributed by atoms with Gasteiger partial charge < -0.3 is 24.4 Å². The zero-order valence-corrected chi connectivity index (χ0v) is 17.7. The highest BCUT2D eigenvalue weighted by Crippen LogP contribution is 2.46. The van der Waals surface area contributed by atoms with Crippen molar-refractivity contribution in [3.05, 3.63) is 45.4 Å². The molecule has 7 heteroatoms. The summed E-state index contributed by atoms with van der Waals surface area (Å²) in [6.45, 7) is 3.06. The Morgan fingerprint density at radius 1 is 1.31 bits per heavy atom. The van der Waals surface area contributed by atoms with Crippen LogP contribution in [0.4, 0.5) is 0 Å². The number of hydrogen-bond acceptors (Lipinski definition) is 7. The molecule has 2 N–H and O–H groups in total. The SMILES string of the molecule is COCc1cc(OC[C@@H]2[C@H]3CC[C@H](c4nc(CO)cs4)O[C@H]3C[C@@H]2O)ccc1C. The van der Waals surface area contributed by atoms with Crippen molar-refractivity contribution in [1.29, 1.82) is 0 Å². The molecular formula is C22H29NO5S. The zero-order valence-electron chi connectivity index (χ0n) is 16.9. The van der Waals surface area contributed by atoms with Crippen LogP contribution in [0.5, 0.6) is 5.75 Å². The fourth-order valence-electron chi connectivity index (χ4n) is 4.53. The summed E-state index contributed by atoms with van der Waals surface area (Å²) in [5.74, 6) is 1.17. The van der Waals surface area contributed by atoms with Crippen molar-refractivity contribution < 1.29 is 24.4 Å². The first-order valence-corrected chi connectivity index (χ1v) is 11.1. The lowest BCUT2D eigenvalue weighted by molar-refractivity contribution is -0.0812. The molecule has 5 atom stereocenters. The molecule has 2 fully saturated rings. The first-order chi connectivity index (χ1) is 14.1. The summed E-state index contributed by atoms with van der Waals surface area (Å²) >= 11 is 1.54. The van der Waals surface area contributed by atoms with Crippen LogP contribution in [0.15, 0.2) is 23.6 Å². The first-order valence-electron chi connectivity index (χ1n) is 10.2. The van der Waals surface area contributed by atoms with Gasteiger partial charge in [0, 0.05) is 24.8 Å². The van der Waals surface area contributed by atoms with Crippen LogP contribution >= 0.6 is 11.3 Å². The van der Waals surface area contributed by atoms with Crippen molar-refractivity contribution in [1.82, 2.24) is 4.98 Å². The van der Waals surface area contributed by atoms with Crippen LogP contribution in [0.2, 0.25) is 0 Å². The lowest BCUT2D eigenvalue weighted by Gasteiger charge is -2.33. The second-order valence-electron chi connectivity index (χ2n) is 8.04. The topological polar surface area (TPSA) is 81.0 Å². The Kier molecular flexibility index (Phi) is 6.51. The number of rotatable bonds is 7. The fourth-order valence-corrected chi connectivity index (χ4v) is 5.41. The number of fused-ring (bicyclic) bond motifs is 1. The van der Waals surface area contributed by atoms with Crippen molar-refractivity contribution in [3.8, 4) is 5.75 Å². The molecule has 0 spiro atoms. The summed E-state index contributed by atoms with van der Waals surface area (Å²) < 4.78 is 17.6. The maximum atomic E-state index is 10.7. The molecule has 1 aromatic heterocycles. The number of nitrogens with zero attached hydrogens (tertiary/aromatic N) is 1. The number of aliphatic hydroxyl groups is 2. The zero-order chi connectivity index (χ0) is 20.4. The number of thiazole rings is 1. The molecular weight excluding hydrogens is 390 g/mol. The highest BCUT2D eigenvalue weighted by atomic mass is 32.1. The average Bonchev–Trinajstić information content (AvgIpc) is 3.32. The van der Waals surface area contributed by atoms with E-state index in [1.807, 2.05) is 23.6 Å². The van der Waals surface area contributed by atoms with Crippen LogP contribution in [-0.4, -0.2) is 41.1 Å². The van der Waals surface area contributed by atoms with Gasteiger partial charge in [-0.05, 0) is 48.9 Å². The largest absolute Gasteiger partial charge is 0.493 e. The Balaban J connectivity index is 1.37. The Bertz CT molecular complexity index is 825. The van der Waals surface area contributed by atoms with Gasteiger partial charge in [0.1, 0.15) is 16.9 Å². The molecule has 4 rings (SSSR count). The molecule has 1 aromatic carbocycles. The monoisotopic (exact) mass is 419 g/mol. The molecule has 0 unspecified atom stereocenters. The van der Waals surface area contributed by atoms with E-state index >= 15 is 0 Å². The summed E-state index contributed by atoms with van der Waals surface area (Å²) in [6, 6.07) is 6.04. The number of aryl methyl sites for hydroxylation is 1. The Morgan fingerprint density at radius 2 is 2.17 bits per heavy atom. The molecule has 1 saturated heterocycles. The van der Waals surface area contributed by atoms with Crippen molar-refractivity contribution in [3.63, 3.8) is 0 Å². The standard InChI is InChI=1S/C22H29NO5S/c1-13-3-4-16(7-14(13)10-26-2)27-11-18-17-5-6-20(28-21(17)8-19(18)25)22-23-15(9-24)12-29-22/h3-4,7,12,17-21,24-25H,5-6,8-11H2,1-2H3/t17-,18-,19+,20-,21+/m1/s1. The van der Waals surface area contributed by atoms with Gasteiger partial charge in [-0.25, -0.2) is 4.98 Å². The molecule has 6 nitrogen and oxygen atoms in total. The van der Waals surface area contributed by atoms with Crippen LogP contribution in [0.1, 0.15) is 47.2 Å². The number of aliphatic hydroxyl groups excluding tert-OH is 2. The van der Waals surface area contributed by atoms with Crippen LogP contribution in [0.3, 0.4) is 0 Å².